The summed E-state index contributed by atoms with van der Waals surface area (Å²) >= 11 is 0. The van der Waals surface area contributed by atoms with E-state index in [9.17, 15) is 13.2 Å². The highest BCUT2D eigenvalue weighted by atomic mass is 35.5. The van der Waals surface area contributed by atoms with Crippen LogP contribution in [0.4, 0.5) is 19.1 Å². The van der Waals surface area contributed by atoms with Crippen molar-refractivity contribution in [1.29, 1.82) is 5.26 Å². The van der Waals surface area contributed by atoms with E-state index in [0.29, 0.717) is 18.1 Å². The van der Waals surface area contributed by atoms with Gasteiger partial charge in [0.25, 0.3) is 0 Å². The Morgan fingerprint density at radius 2 is 2.00 bits per heavy atom. The van der Waals surface area contributed by atoms with Crippen molar-refractivity contribution >= 4 is 30.8 Å². The molecule has 0 spiro atoms. The van der Waals surface area contributed by atoms with Gasteiger partial charge in [0.15, 0.2) is 0 Å². The van der Waals surface area contributed by atoms with E-state index in [0.717, 1.165) is 23.9 Å². The molecule has 1 aromatic heterocycles. The van der Waals surface area contributed by atoms with Crippen LogP contribution in [0.5, 0.6) is 5.75 Å². The number of nitrogens with zero attached hydrogens (tertiary/aromatic N) is 3. The molecule has 1 aliphatic rings. The van der Waals surface area contributed by atoms with Crippen LogP contribution in [-0.4, -0.2) is 16.3 Å². The summed E-state index contributed by atoms with van der Waals surface area (Å²) in [5.41, 5.74) is 2.44. The van der Waals surface area contributed by atoms with Gasteiger partial charge in [-0.2, -0.15) is 5.26 Å². The van der Waals surface area contributed by atoms with E-state index in [1.165, 1.54) is 12.1 Å². The third-order valence-electron chi connectivity index (χ3n) is 3.34. The first-order valence-electron chi connectivity index (χ1n) is 7.02. The summed E-state index contributed by atoms with van der Waals surface area (Å²) in [5, 5.41) is 15.0. The lowest BCUT2D eigenvalue weighted by molar-refractivity contribution is -0.274. The van der Waals surface area contributed by atoms with Crippen LogP contribution in [0.25, 0.3) is 0 Å². The fraction of sp³-hybridized carbons (Fsp3) is 0.267. The molecule has 0 fully saturated rings. The monoisotopic (exact) mass is 407 g/mol. The Labute approximate surface area is 159 Å². The van der Waals surface area contributed by atoms with Crippen LogP contribution in [0.3, 0.4) is 0 Å². The Morgan fingerprint density at radius 3 is 2.69 bits per heavy atom. The lowest BCUT2D eigenvalue weighted by Gasteiger charge is -2.11. The topological polar surface area (TPSA) is 82.9 Å². The number of anilines is 1. The second-order valence-electron chi connectivity index (χ2n) is 5.15. The van der Waals surface area contributed by atoms with Crippen molar-refractivity contribution in [1.82, 2.24) is 15.3 Å². The number of ether oxygens (including phenoxy) is 1. The lowest BCUT2D eigenvalue weighted by Crippen LogP contribution is -2.17. The van der Waals surface area contributed by atoms with Gasteiger partial charge in [0.05, 0.1) is 17.3 Å². The average Bonchev–Trinajstić information content (AvgIpc) is 2.98. The molecule has 1 aliphatic heterocycles. The van der Waals surface area contributed by atoms with Gasteiger partial charge < -0.3 is 15.4 Å². The summed E-state index contributed by atoms with van der Waals surface area (Å²) in [4.78, 5) is 8.48. The number of nitrogens with one attached hydrogen (secondary N) is 2. The van der Waals surface area contributed by atoms with E-state index < -0.39 is 12.1 Å². The van der Waals surface area contributed by atoms with E-state index in [-0.39, 0.29) is 36.9 Å². The Bertz CT molecular complexity index is 811. The minimum absolute atomic E-state index is 0. The molecule has 2 N–H and O–H groups in total. The second-order valence-corrected chi connectivity index (χ2v) is 5.15. The zero-order chi connectivity index (χ0) is 17.2. The van der Waals surface area contributed by atoms with E-state index in [1.54, 1.807) is 6.20 Å². The average molecular weight is 408 g/mol. The molecular formula is C15H14Cl2F3N5O. The highest BCUT2D eigenvalue weighted by Gasteiger charge is 2.31. The molecule has 0 unspecified atom stereocenters. The zero-order valence-corrected chi connectivity index (χ0v) is 14.8. The third-order valence-corrected chi connectivity index (χ3v) is 3.34. The van der Waals surface area contributed by atoms with Gasteiger partial charge >= 0.3 is 6.36 Å². The molecule has 0 saturated heterocycles. The fourth-order valence-electron chi connectivity index (χ4n) is 2.34. The molecule has 2 heterocycles. The maximum atomic E-state index is 12.3. The summed E-state index contributed by atoms with van der Waals surface area (Å²) in [6.45, 7) is 1.54. The van der Waals surface area contributed by atoms with Crippen molar-refractivity contribution in [2.75, 3.05) is 5.32 Å². The number of hydrogen-bond donors (Lipinski definition) is 2. The highest BCUT2D eigenvalue weighted by molar-refractivity contribution is 5.85. The third kappa shape index (κ3) is 5.62. The number of fused-ring (bicyclic) bond motifs is 1. The Balaban J connectivity index is 0.00000169. The van der Waals surface area contributed by atoms with Gasteiger partial charge in [-0.25, -0.2) is 9.97 Å². The number of nitriles is 1. The summed E-state index contributed by atoms with van der Waals surface area (Å²) in [5.74, 6) is -0.0597. The normalized spacial score (nSPS) is 12.2. The molecule has 0 bridgehead atoms. The van der Waals surface area contributed by atoms with Crippen molar-refractivity contribution in [3.8, 4) is 11.8 Å². The van der Waals surface area contributed by atoms with E-state index in [2.05, 4.69) is 25.3 Å². The summed E-state index contributed by atoms with van der Waals surface area (Å²) in [7, 11) is 0. The van der Waals surface area contributed by atoms with Crippen LogP contribution in [0.2, 0.25) is 0 Å². The van der Waals surface area contributed by atoms with Crippen LogP contribution < -0.4 is 15.4 Å². The molecule has 0 atom stereocenters. The number of halogens is 5. The molecule has 2 aromatic rings. The maximum Gasteiger partial charge on any atom is 0.573 e. The zero-order valence-electron chi connectivity index (χ0n) is 13.1. The van der Waals surface area contributed by atoms with Gasteiger partial charge in [-0.1, -0.05) is 0 Å². The smallest absolute Gasteiger partial charge is 0.406 e. The molecular weight excluding hydrogens is 394 g/mol. The molecule has 6 nitrogen and oxygen atoms in total. The maximum absolute atomic E-state index is 12.3. The van der Waals surface area contributed by atoms with Crippen LogP contribution in [0.15, 0.2) is 24.4 Å². The summed E-state index contributed by atoms with van der Waals surface area (Å²) < 4.78 is 40.9. The predicted molar refractivity (Wildman–Crippen MR) is 92.2 cm³/mol. The molecule has 0 saturated carbocycles. The number of alkyl halides is 3. The van der Waals surface area contributed by atoms with Crippen molar-refractivity contribution < 1.29 is 17.9 Å². The van der Waals surface area contributed by atoms with Crippen LogP contribution in [0, 0.1) is 11.3 Å². The summed E-state index contributed by atoms with van der Waals surface area (Å²) in [6, 6.07) is 5.54. The van der Waals surface area contributed by atoms with Gasteiger partial charge in [-0.05, 0) is 23.8 Å². The standard InChI is InChI=1S/C15H12F3N5O.2ClH/c16-15(17,18)24-12-2-9(4-19)1-10(3-12)5-21-14-22-7-11-6-20-8-13(11)23-14;;/h1-3,7,20H,5-6,8H2,(H,21,22,23);2*1H. The number of rotatable bonds is 4. The van der Waals surface area contributed by atoms with Crippen molar-refractivity contribution in [2.24, 2.45) is 0 Å². The van der Waals surface area contributed by atoms with Crippen molar-refractivity contribution in [3.63, 3.8) is 0 Å². The largest absolute Gasteiger partial charge is 0.573 e. The van der Waals surface area contributed by atoms with Gasteiger partial charge in [-0.3, -0.25) is 0 Å². The first-order chi connectivity index (χ1) is 11.4. The molecule has 1 aromatic carbocycles. The molecule has 26 heavy (non-hydrogen) atoms. The quantitative estimate of drug-likeness (QED) is 0.808. The van der Waals surface area contributed by atoms with Gasteiger partial charge in [0.1, 0.15) is 5.75 Å². The molecule has 0 radical (unpaired) electrons. The Morgan fingerprint density at radius 1 is 1.23 bits per heavy atom. The fourth-order valence-corrected chi connectivity index (χ4v) is 2.34. The predicted octanol–water partition coefficient (Wildman–Crippen LogP) is 3.31. The summed E-state index contributed by atoms with van der Waals surface area (Å²) in [6.07, 6.45) is -3.11. The van der Waals surface area contributed by atoms with E-state index in [4.69, 9.17) is 5.26 Å². The SMILES string of the molecule is Cl.Cl.N#Cc1cc(CNc2ncc3c(n2)CNC3)cc(OC(F)(F)F)c1. The first kappa shape index (κ1) is 21.8. The number of hydrogen-bond acceptors (Lipinski definition) is 6. The Hall–Kier alpha value is -2.28. The van der Waals surface area contributed by atoms with Crippen LogP contribution >= 0.6 is 24.8 Å². The molecule has 11 heteroatoms. The molecule has 140 valence electrons. The minimum Gasteiger partial charge on any atom is -0.406 e. The molecule has 0 aliphatic carbocycles. The van der Waals surface area contributed by atoms with Crippen LogP contribution in [-0.2, 0) is 19.6 Å². The first-order valence-corrected chi connectivity index (χ1v) is 7.02. The van der Waals surface area contributed by atoms with E-state index in [1.807, 2.05) is 6.07 Å². The minimum atomic E-state index is -4.81. The van der Waals surface area contributed by atoms with Gasteiger partial charge in [-0.15, -0.1) is 38.0 Å². The van der Waals surface area contributed by atoms with Crippen molar-refractivity contribution in [2.45, 2.75) is 26.0 Å². The molecule has 3 rings (SSSR count). The second kappa shape index (κ2) is 8.89. The number of aromatic nitrogens is 2. The lowest BCUT2D eigenvalue weighted by atomic mass is 10.1. The van der Waals surface area contributed by atoms with Gasteiger partial charge in [0.2, 0.25) is 5.95 Å². The molecule has 0 amide bonds. The van der Waals surface area contributed by atoms with Gasteiger partial charge in [0, 0.05) is 31.4 Å². The van der Waals surface area contributed by atoms with Crippen molar-refractivity contribution in [3.05, 3.63) is 46.8 Å². The number of benzene rings is 1. The Kier molecular flexibility index (Phi) is 7.44. The highest BCUT2D eigenvalue weighted by Crippen LogP contribution is 2.25. The van der Waals surface area contributed by atoms with E-state index >= 15 is 0 Å². The van der Waals surface area contributed by atoms with Crippen LogP contribution in [0.1, 0.15) is 22.4 Å².